The Bertz CT molecular complexity index is 886. The van der Waals surface area contributed by atoms with Crippen LogP contribution in [0.4, 0.5) is 22.7 Å². The first-order valence-corrected chi connectivity index (χ1v) is 9.24. The number of amides is 2. The third-order valence-corrected chi connectivity index (χ3v) is 4.26. The number of nitrogens with zero attached hydrogens (tertiary/aromatic N) is 1. The quantitative estimate of drug-likeness (QED) is 0.554. The van der Waals surface area contributed by atoms with Gasteiger partial charge in [0.05, 0.1) is 16.8 Å². The Hall–Kier alpha value is -2.68. The molecule has 2 aromatic rings. The molecule has 148 valence electrons. The van der Waals surface area contributed by atoms with Gasteiger partial charge in [-0.15, -0.1) is 0 Å². The summed E-state index contributed by atoms with van der Waals surface area (Å²) in [6, 6.07) is 11.7. The monoisotopic (exact) mass is 419 g/mol. The Labute approximate surface area is 174 Å². The summed E-state index contributed by atoms with van der Waals surface area (Å²) in [5, 5.41) is 9.54. The van der Waals surface area contributed by atoms with Gasteiger partial charge in [-0.1, -0.05) is 11.6 Å². The van der Waals surface area contributed by atoms with Crippen LogP contribution < -0.4 is 26.6 Å². The molecule has 0 aromatic heterocycles. The van der Waals surface area contributed by atoms with Gasteiger partial charge in [-0.25, -0.2) is 0 Å². The van der Waals surface area contributed by atoms with Crippen LogP contribution in [-0.4, -0.2) is 30.0 Å². The standard InChI is InChI=1S/C19H22ClN5O2S/c1-11(21)18(27)25(3)17-9-8-15(10-16(17)20)24-19(28)23-14-6-4-13(5-7-14)22-12(2)26/h4-11H,21H2,1-3H3,(H,22,26)(H2,23,24,28). The molecule has 0 aliphatic carbocycles. The third kappa shape index (κ3) is 5.91. The zero-order valence-corrected chi connectivity index (χ0v) is 17.3. The van der Waals surface area contributed by atoms with Crippen molar-refractivity contribution in [3.05, 3.63) is 47.5 Å². The van der Waals surface area contributed by atoms with E-state index in [-0.39, 0.29) is 11.8 Å². The number of nitrogens with one attached hydrogen (secondary N) is 3. The van der Waals surface area contributed by atoms with Crippen LogP contribution in [0, 0.1) is 0 Å². The van der Waals surface area contributed by atoms with Gasteiger partial charge in [-0.3, -0.25) is 9.59 Å². The molecule has 0 heterocycles. The molecule has 0 fully saturated rings. The fourth-order valence-electron chi connectivity index (χ4n) is 2.41. The number of thiocarbonyl (C=S) groups is 1. The van der Waals surface area contributed by atoms with Gasteiger partial charge in [-0.05, 0) is 61.6 Å². The second kappa shape index (κ2) is 9.50. The molecule has 0 aliphatic heterocycles. The molecule has 0 bridgehead atoms. The summed E-state index contributed by atoms with van der Waals surface area (Å²) < 4.78 is 0. The van der Waals surface area contributed by atoms with E-state index in [1.165, 1.54) is 11.8 Å². The molecule has 9 heteroatoms. The molecule has 0 aliphatic rings. The maximum Gasteiger partial charge on any atom is 0.243 e. The molecule has 0 saturated heterocycles. The topological polar surface area (TPSA) is 99.5 Å². The first kappa shape index (κ1) is 21.6. The predicted molar refractivity (Wildman–Crippen MR) is 119 cm³/mol. The van der Waals surface area contributed by atoms with E-state index in [9.17, 15) is 9.59 Å². The van der Waals surface area contributed by atoms with Crippen LogP contribution in [-0.2, 0) is 9.59 Å². The summed E-state index contributed by atoms with van der Waals surface area (Å²) in [7, 11) is 1.62. The van der Waals surface area contributed by atoms with Crippen LogP contribution in [0.3, 0.4) is 0 Å². The summed E-state index contributed by atoms with van der Waals surface area (Å²) in [6.45, 7) is 3.07. The maximum absolute atomic E-state index is 12.0. The highest BCUT2D eigenvalue weighted by Gasteiger charge is 2.17. The highest BCUT2D eigenvalue weighted by atomic mass is 35.5. The molecule has 2 aromatic carbocycles. The van der Waals surface area contributed by atoms with E-state index >= 15 is 0 Å². The van der Waals surface area contributed by atoms with E-state index in [0.29, 0.717) is 27.2 Å². The number of nitrogens with two attached hydrogens (primary N) is 1. The minimum absolute atomic E-state index is 0.133. The van der Waals surface area contributed by atoms with E-state index in [0.717, 1.165) is 5.69 Å². The van der Waals surface area contributed by atoms with Crippen molar-refractivity contribution in [3.8, 4) is 0 Å². The lowest BCUT2D eigenvalue weighted by Crippen LogP contribution is -2.39. The lowest BCUT2D eigenvalue weighted by molar-refractivity contribution is -0.119. The Balaban J connectivity index is 2.01. The molecule has 0 radical (unpaired) electrons. The summed E-state index contributed by atoms with van der Waals surface area (Å²) in [4.78, 5) is 24.5. The van der Waals surface area contributed by atoms with Crippen LogP contribution in [0.1, 0.15) is 13.8 Å². The minimum Gasteiger partial charge on any atom is -0.332 e. The minimum atomic E-state index is -0.618. The van der Waals surface area contributed by atoms with E-state index in [2.05, 4.69) is 16.0 Å². The molecule has 2 amide bonds. The summed E-state index contributed by atoms with van der Waals surface area (Å²) in [6.07, 6.45) is 0. The second-order valence-corrected chi connectivity index (χ2v) is 7.01. The van der Waals surface area contributed by atoms with Crippen molar-refractivity contribution in [1.29, 1.82) is 0 Å². The Morgan fingerprint density at radius 2 is 1.54 bits per heavy atom. The first-order chi connectivity index (χ1) is 13.2. The summed E-state index contributed by atoms with van der Waals surface area (Å²) >= 11 is 11.6. The zero-order valence-electron chi connectivity index (χ0n) is 15.7. The number of carbonyl (C=O) groups is 2. The SMILES string of the molecule is CC(=O)Nc1ccc(NC(=S)Nc2ccc(N(C)C(=O)C(C)N)c(Cl)c2)cc1. The van der Waals surface area contributed by atoms with Crippen molar-refractivity contribution in [2.75, 3.05) is 27.9 Å². The molecule has 1 atom stereocenters. The maximum atomic E-state index is 12.0. The van der Waals surface area contributed by atoms with Gasteiger partial charge in [-0.2, -0.15) is 0 Å². The number of carbonyl (C=O) groups excluding carboxylic acids is 2. The molecule has 7 nitrogen and oxygen atoms in total. The van der Waals surface area contributed by atoms with Gasteiger partial charge in [0.2, 0.25) is 11.8 Å². The van der Waals surface area contributed by atoms with Gasteiger partial charge in [0.25, 0.3) is 0 Å². The van der Waals surface area contributed by atoms with Crippen LogP contribution in [0.15, 0.2) is 42.5 Å². The number of rotatable bonds is 5. The highest BCUT2D eigenvalue weighted by molar-refractivity contribution is 7.80. The average Bonchev–Trinajstić information content (AvgIpc) is 2.61. The molecular formula is C19H22ClN5O2S. The van der Waals surface area contributed by atoms with Crippen molar-refractivity contribution in [2.45, 2.75) is 19.9 Å². The van der Waals surface area contributed by atoms with Crippen LogP contribution in [0.2, 0.25) is 5.02 Å². The lowest BCUT2D eigenvalue weighted by Gasteiger charge is -2.21. The normalized spacial score (nSPS) is 11.3. The van der Waals surface area contributed by atoms with E-state index in [4.69, 9.17) is 29.6 Å². The fraction of sp³-hybridized carbons (Fsp3) is 0.211. The first-order valence-electron chi connectivity index (χ1n) is 8.45. The van der Waals surface area contributed by atoms with E-state index in [1.807, 2.05) is 0 Å². The predicted octanol–water partition coefficient (Wildman–Crippen LogP) is 3.42. The summed E-state index contributed by atoms with van der Waals surface area (Å²) in [5.74, 6) is -0.367. The number of hydrogen-bond acceptors (Lipinski definition) is 4. The van der Waals surface area contributed by atoms with Crippen molar-refractivity contribution < 1.29 is 9.59 Å². The number of hydrogen-bond donors (Lipinski definition) is 4. The number of benzene rings is 2. The Morgan fingerprint density at radius 1 is 1.04 bits per heavy atom. The summed E-state index contributed by atoms with van der Waals surface area (Å²) in [5.41, 5.74) is 8.32. The third-order valence-electron chi connectivity index (χ3n) is 3.75. The molecule has 0 saturated carbocycles. The smallest absolute Gasteiger partial charge is 0.243 e. The van der Waals surface area contributed by atoms with Crippen molar-refractivity contribution in [1.82, 2.24) is 0 Å². The molecule has 28 heavy (non-hydrogen) atoms. The van der Waals surface area contributed by atoms with Gasteiger partial charge in [0, 0.05) is 31.0 Å². The average molecular weight is 420 g/mol. The Morgan fingerprint density at radius 3 is 2.04 bits per heavy atom. The number of anilines is 4. The second-order valence-electron chi connectivity index (χ2n) is 6.19. The van der Waals surface area contributed by atoms with Crippen molar-refractivity contribution >= 4 is 63.5 Å². The highest BCUT2D eigenvalue weighted by Crippen LogP contribution is 2.28. The molecule has 0 spiro atoms. The lowest BCUT2D eigenvalue weighted by atomic mass is 10.2. The van der Waals surface area contributed by atoms with Crippen molar-refractivity contribution in [3.63, 3.8) is 0 Å². The van der Waals surface area contributed by atoms with Gasteiger partial charge in [0.1, 0.15) is 0 Å². The van der Waals surface area contributed by atoms with Gasteiger partial charge < -0.3 is 26.6 Å². The molecule has 5 N–H and O–H groups in total. The largest absolute Gasteiger partial charge is 0.332 e. The number of likely N-dealkylation sites (N-methyl/N-ethyl adjacent to an activating group) is 1. The Kier molecular flexibility index (Phi) is 7.33. The molecule has 2 rings (SSSR count). The fourth-order valence-corrected chi connectivity index (χ4v) is 2.96. The van der Waals surface area contributed by atoms with E-state index in [1.54, 1.807) is 56.4 Å². The van der Waals surface area contributed by atoms with Crippen LogP contribution >= 0.6 is 23.8 Å². The van der Waals surface area contributed by atoms with E-state index < -0.39 is 6.04 Å². The molecule has 1 unspecified atom stereocenters. The van der Waals surface area contributed by atoms with Crippen molar-refractivity contribution in [2.24, 2.45) is 5.73 Å². The number of halogens is 1. The van der Waals surface area contributed by atoms with Gasteiger partial charge >= 0.3 is 0 Å². The van der Waals surface area contributed by atoms with Crippen LogP contribution in [0.25, 0.3) is 0 Å². The molecular weight excluding hydrogens is 398 g/mol. The van der Waals surface area contributed by atoms with Crippen LogP contribution in [0.5, 0.6) is 0 Å². The van der Waals surface area contributed by atoms with Gasteiger partial charge in [0.15, 0.2) is 5.11 Å². The zero-order chi connectivity index (χ0) is 20.8.